The van der Waals surface area contributed by atoms with Gasteiger partial charge in [-0.05, 0) is 55.5 Å². The van der Waals surface area contributed by atoms with Crippen molar-refractivity contribution in [2.75, 3.05) is 26.2 Å². The Kier molecular flexibility index (Phi) is 5.63. The highest BCUT2D eigenvalue weighted by molar-refractivity contribution is 7.89. The zero-order valence-corrected chi connectivity index (χ0v) is 19.3. The van der Waals surface area contributed by atoms with Crippen molar-refractivity contribution in [1.29, 1.82) is 0 Å². The van der Waals surface area contributed by atoms with Crippen LogP contribution in [0.25, 0.3) is 0 Å². The van der Waals surface area contributed by atoms with E-state index in [9.17, 15) is 18.0 Å². The number of nitrogens with zero attached hydrogens (tertiary/aromatic N) is 3. The fourth-order valence-electron chi connectivity index (χ4n) is 5.43. The molecule has 1 aromatic heterocycles. The van der Waals surface area contributed by atoms with Crippen LogP contribution in [-0.2, 0) is 21.4 Å². The van der Waals surface area contributed by atoms with Gasteiger partial charge in [-0.3, -0.25) is 9.59 Å². The van der Waals surface area contributed by atoms with Crippen LogP contribution >= 0.6 is 11.6 Å². The van der Waals surface area contributed by atoms with Crippen molar-refractivity contribution >= 4 is 27.5 Å². The van der Waals surface area contributed by atoms with E-state index in [1.165, 1.54) is 16.4 Å². The molecule has 1 amide bonds. The van der Waals surface area contributed by atoms with Crippen LogP contribution in [0.3, 0.4) is 0 Å². The molecule has 2 fully saturated rings. The average molecular weight is 476 g/mol. The monoisotopic (exact) mass is 475 g/mol. The molecule has 9 heteroatoms. The minimum absolute atomic E-state index is 0.0336. The van der Waals surface area contributed by atoms with Crippen LogP contribution in [0.1, 0.15) is 30.9 Å². The van der Waals surface area contributed by atoms with Gasteiger partial charge in [0, 0.05) is 61.3 Å². The first-order chi connectivity index (χ1) is 15.3. The lowest BCUT2D eigenvalue weighted by molar-refractivity contribution is -0.139. The molecule has 4 heterocycles. The molecule has 32 heavy (non-hydrogen) atoms. The molecule has 0 radical (unpaired) electrons. The summed E-state index contributed by atoms with van der Waals surface area (Å²) in [6.45, 7) is 2.62. The number of carbonyl (C=O) groups is 1. The van der Waals surface area contributed by atoms with Crippen molar-refractivity contribution in [2.24, 2.45) is 11.8 Å². The first-order valence-electron chi connectivity index (χ1n) is 11.1. The second-order valence-corrected chi connectivity index (χ2v) is 11.4. The molecular weight excluding hydrogens is 450 g/mol. The minimum Gasteiger partial charge on any atom is -0.341 e. The first kappa shape index (κ1) is 21.7. The largest absolute Gasteiger partial charge is 0.341 e. The maximum atomic E-state index is 13.3. The van der Waals surface area contributed by atoms with E-state index >= 15 is 0 Å². The summed E-state index contributed by atoms with van der Waals surface area (Å²) < 4.78 is 29.2. The Balaban J connectivity index is 1.25. The van der Waals surface area contributed by atoms with E-state index < -0.39 is 10.0 Å². The van der Waals surface area contributed by atoms with Gasteiger partial charge in [-0.25, -0.2) is 8.42 Å². The third-order valence-electron chi connectivity index (χ3n) is 7.05. The Labute approximate surface area is 192 Å². The minimum atomic E-state index is -3.59. The number of fused-ring (bicyclic) bond motifs is 4. The van der Waals surface area contributed by atoms with Gasteiger partial charge in [0.2, 0.25) is 15.9 Å². The van der Waals surface area contributed by atoms with Gasteiger partial charge in [-0.2, -0.15) is 4.31 Å². The van der Waals surface area contributed by atoms with Crippen molar-refractivity contribution in [3.8, 4) is 0 Å². The van der Waals surface area contributed by atoms with Crippen LogP contribution < -0.4 is 5.56 Å². The summed E-state index contributed by atoms with van der Waals surface area (Å²) in [6, 6.07) is 11.6. The molecule has 0 spiro atoms. The van der Waals surface area contributed by atoms with Crippen molar-refractivity contribution < 1.29 is 13.2 Å². The van der Waals surface area contributed by atoms with E-state index in [2.05, 4.69) is 0 Å². The van der Waals surface area contributed by atoms with Gasteiger partial charge in [0.1, 0.15) is 0 Å². The topological polar surface area (TPSA) is 79.7 Å². The van der Waals surface area contributed by atoms with Gasteiger partial charge in [0.15, 0.2) is 0 Å². The summed E-state index contributed by atoms with van der Waals surface area (Å²) in [5.41, 5.74) is 1.06. The molecule has 2 bridgehead atoms. The van der Waals surface area contributed by atoms with Crippen molar-refractivity contribution in [3.05, 3.63) is 63.5 Å². The fraction of sp³-hybridized carbons (Fsp3) is 0.478. The summed E-state index contributed by atoms with van der Waals surface area (Å²) in [7, 11) is -3.59. The smallest absolute Gasteiger partial charge is 0.250 e. The lowest BCUT2D eigenvalue weighted by atomic mass is 9.82. The third kappa shape index (κ3) is 3.89. The lowest BCUT2D eigenvalue weighted by Crippen LogP contribution is -2.52. The molecule has 5 rings (SSSR count). The van der Waals surface area contributed by atoms with E-state index in [1.807, 2.05) is 15.5 Å². The molecule has 2 unspecified atom stereocenters. The molecule has 0 N–H and O–H groups in total. The number of rotatable bonds is 3. The number of carbonyl (C=O) groups excluding carboxylic acids is 1. The molecule has 2 atom stereocenters. The summed E-state index contributed by atoms with van der Waals surface area (Å²) in [5.74, 6) is 0.430. The Morgan fingerprint density at radius 3 is 2.41 bits per heavy atom. The number of hydrogen-bond donors (Lipinski definition) is 0. The zero-order valence-electron chi connectivity index (χ0n) is 17.7. The SMILES string of the molecule is O=C(C1CCN(S(=O)(=O)c2ccc(Cl)cc2)CC1)N1CC2CC(C1)c1cccc(=O)n1C2. The second kappa shape index (κ2) is 8.32. The predicted octanol–water partition coefficient (Wildman–Crippen LogP) is 2.55. The lowest BCUT2D eigenvalue weighted by Gasteiger charge is -2.44. The summed E-state index contributed by atoms with van der Waals surface area (Å²) >= 11 is 5.88. The number of hydrogen-bond acceptors (Lipinski definition) is 4. The van der Waals surface area contributed by atoms with Crippen LogP contribution in [0.2, 0.25) is 5.02 Å². The van der Waals surface area contributed by atoms with E-state index in [4.69, 9.17) is 11.6 Å². The number of aromatic nitrogens is 1. The van der Waals surface area contributed by atoms with Gasteiger partial charge < -0.3 is 9.47 Å². The average Bonchev–Trinajstić information content (AvgIpc) is 2.79. The first-order valence-corrected chi connectivity index (χ1v) is 12.9. The molecule has 0 saturated carbocycles. The van der Waals surface area contributed by atoms with Crippen molar-refractivity contribution in [1.82, 2.24) is 13.8 Å². The number of amides is 1. The fourth-order valence-corrected chi connectivity index (χ4v) is 7.03. The van der Waals surface area contributed by atoms with Gasteiger partial charge in [0.05, 0.1) is 4.90 Å². The van der Waals surface area contributed by atoms with Crippen LogP contribution in [0.5, 0.6) is 0 Å². The van der Waals surface area contributed by atoms with Crippen LogP contribution in [-0.4, -0.2) is 54.3 Å². The van der Waals surface area contributed by atoms with Gasteiger partial charge in [-0.1, -0.05) is 17.7 Å². The molecule has 170 valence electrons. The van der Waals surface area contributed by atoms with Gasteiger partial charge in [0.25, 0.3) is 5.56 Å². The summed E-state index contributed by atoms with van der Waals surface area (Å²) in [4.78, 5) is 27.7. The zero-order chi connectivity index (χ0) is 22.5. The maximum absolute atomic E-state index is 13.3. The van der Waals surface area contributed by atoms with E-state index in [1.54, 1.807) is 24.3 Å². The number of pyridine rings is 1. The maximum Gasteiger partial charge on any atom is 0.250 e. The molecule has 7 nitrogen and oxygen atoms in total. The number of halogens is 1. The van der Waals surface area contributed by atoms with E-state index in [-0.39, 0.29) is 34.1 Å². The molecule has 3 aliphatic heterocycles. The Bertz CT molecular complexity index is 1190. The number of sulfonamides is 1. The Hall–Kier alpha value is -2.16. The molecular formula is C23H26ClN3O4S. The Morgan fingerprint density at radius 2 is 1.69 bits per heavy atom. The molecule has 1 aromatic carbocycles. The van der Waals surface area contributed by atoms with Crippen LogP contribution in [0.4, 0.5) is 0 Å². The number of piperidine rings is 2. The highest BCUT2D eigenvalue weighted by Crippen LogP contribution is 2.36. The molecule has 2 aromatic rings. The van der Waals surface area contributed by atoms with Crippen LogP contribution in [0.15, 0.2) is 52.2 Å². The highest BCUT2D eigenvalue weighted by Gasteiger charge is 2.39. The summed E-state index contributed by atoms with van der Waals surface area (Å²) in [6.07, 6.45) is 2.05. The second-order valence-electron chi connectivity index (χ2n) is 9.07. The van der Waals surface area contributed by atoms with Crippen LogP contribution in [0, 0.1) is 11.8 Å². The van der Waals surface area contributed by atoms with E-state index in [0.717, 1.165) is 12.1 Å². The predicted molar refractivity (Wildman–Crippen MR) is 121 cm³/mol. The number of benzene rings is 1. The molecule has 2 saturated heterocycles. The number of likely N-dealkylation sites (tertiary alicyclic amines) is 1. The van der Waals surface area contributed by atoms with E-state index in [0.29, 0.717) is 50.6 Å². The molecule has 3 aliphatic rings. The summed E-state index contributed by atoms with van der Waals surface area (Å²) in [5, 5.41) is 0.493. The molecule has 0 aliphatic carbocycles. The quantitative estimate of drug-likeness (QED) is 0.683. The van der Waals surface area contributed by atoms with Gasteiger partial charge in [-0.15, -0.1) is 0 Å². The Morgan fingerprint density at radius 1 is 0.969 bits per heavy atom. The van der Waals surface area contributed by atoms with Gasteiger partial charge >= 0.3 is 0 Å². The standard InChI is InChI=1S/C23H26ClN3O4S/c24-19-4-6-20(7-5-19)32(30,31)26-10-8-17(9-11-26)23(29)25-13-16-12-18(15-25)21-2-1-3-22(28)27(21)14-16/h1-7,16-18H,8-15H2. The normalized spacial score (nSPS) is 24.2. The van der Waals surface area contributed by atoms with Crippen molar-refractivity contribution in [2.45, 2.75) is 36.6 Å². The third-order valence-corrected chi connectivity index (χ3v) is 9.21. The highest BCUT2D eigenvalue weighted by atomic mass is 35.5. The van der Waals surface area contributed by atoms with Crippen molar-refractivity contribution in [3.63, 3.8) is 0 Å².